The van der Waals surface area contributed by atoms with E-state index in [1.165, 1.54) is 49.5 Å². The molecule has 3 rings (SSSR count). The molecular weight excluding hydrogens is 447 g/mol. The van der Waals surface area contributed by atoms with Gasteiger partial charge in [0.1, 0.15) is 17.5 Å². The molecule has 0 saturated heterocycles. The van der Waals surface area contributed by atoms with Crippen molar-refractivity contribution in [2.75, 3.05) is 0 Å². The number of sulfone groups is 1. The fourth-order valence-corrected chi connectivity index (χ4v) is 4.72. The number of thiophene rings is 1. The minimum atomic E-state index is -4.54. The number of alkyl halides is 3. The first-order chi connectivity index (χ1) is 13.5. The summed E-state index contributed by atoms with van der Waals surface area (Å²) in [5.41, 5.74) is -0.801. The quantitative estimate of drug-likeness (QED) is 0.507. The molecule has 150 valence electrons. The second-order valence-electron chi connectivity index (χ2n) is 5.82. The van der Waals surface area contributed by atoms with Crippen molar-refractivity contribution < 1.29 is 21.6 Å². The SMILES string of the molecule is Cn1nc(-c2ccc(C=C(C#N)S(=O)(=O)c3ccc(Cl)cc3)s2)cc1C(F)(F)F. The van der Waals surface area contributed by atoms with Crippen LogP contribution in [0.4, 0.5) is 13.2 Å². The summed E-state index contributed by atoms with van der Waals surface area (Å²) in [5, 5.41) is 13.5. The van der Waals surface area contributed by atoms with Gasteiger partial charge in [-0.05, 0) is 48.5 Å². The average molecular weight is 458 g/mol. The van der Waals surface area contributed by atoms with Crippen LogP contribution >= 0.6 is 22.9 Å². The van der Waals surface area contributed by atoms with Gasteiger partial charge in [0.05, 0.1) is 9.77 Å². The molecule has 29 heavy (non-hydrogen) atoms. The number of rotatable bonds is 4. The maximum absolute atomic E-state index is 12.9. The van der Waals surface area contributed by atoms with Crippen molar-refractivity contribution in [3.8, 4) is 16.6 Å². The van der Waals surface area contributed by atoms with Gasteiger partial charge in [-0.2, -0.15) is 23.5 Å². The summed E-state index contributed by atoms with van der Waals surface area (Å²) < 4.78 is 64.8. The molecule has 0 spiro atoms. The Kier molecular flexibility index (Phi) is 5.58. The molecular formula is C18H11ClF3N3O2S2. The lowest BCUT2D eigenvalue weighted by Crippen LogP contribution is -2.11. The number of aromatic nitrogens is 2. The fourth-order valence-electron chi connectivity index (χ4n) is 2.46. The van der Waals surface area contributed by atoms with Crippen LogP contribution in [0.5, 0.6) is 0 Å². The number of allylic oxidation sites excluding steroid dienone is 1. The molecule has 0 bridgehead atoms. The maximum atomic E-state index is 12.9. The van der Waals surface area contributed by atoms with E-state index in [0.29, 0.717) is 14.8 Å². The van der Waals surface area contributed by atoms with Crippen LogP contribution in [0.2, 0.25) is 5.02 Å². The fraction of sp³-hybridized carbons (Fsp3) is 0.111. The highest BCUT2D eigenvalue weighted by Gasteiger charge is 2.35. The van der Waals surface area contributed by atoms with Gasteiger partial charge in [-0.3, -0.25) is 4.68 Å². The van der Waals surface area contributed by atoms with Crippen molar-refractivity contribution in [2.24, 2.45) is 7.05 Å². The normalized spacial score (nSPS) is 12.8. The molecule has 11 heteroatoms. The van der Waals surface area contributed by atoms with E-state index >= 15 is 0 Å². The maximum Gasteiger partial charge on any atom is 0.433 e. The van der Waals surface area contributed by atoms with Gasteiger partial charge < -0.3 is 0 Å². The summed E-state index contributed by atoms with van der Waals surface area (Å²) in [6.45, 7) is 0. The lowest BCUT2D eigenvalue weighted by Gasteiger charge is -2.04. The van der Waals surface area contributed by atoms with Gasteiger partial charge in [0.2, 0.25) is 9.84 Å². The highest BCUT2D eigenvalue weighted by atomic mass is 35.5. The Hall–Kier alpha value is -2.61. The lowest BCUT2D eigenvalue weighted by molar-refractivity contribution is -0.143. The number of hydrogen-bond acceptors (Lipinski definition) is 5. The molecule has 3 aromatic rings. The van der Waals surface area contributed by atoms with Crippen LogP contribution in [-0.2, 0) is 23.1 Å². The largest absolute Gasteiger partial charge is 0.433 e. The standard InChI is InChI=1S/C18H11ClF3N3O2S2/c1-25-17(18(20,21)22)9-15(24-25)16-7-4-12(28-16)8-14(10-23)29(26,27)13-5-2-11(19)3-6-13/h2-9H,1H3. The zero-order valence-corrected chi connectivity index (χ0v) is 17.0. The van der Waals surface area contributed by atoms with Gasteiger partial charge in [-0.15, -0.1) is 11.3 Å². The third-order valence-corrected chi connectivity index (χ3v) is 6.83. The van der Waals surface area contributed by atoms with Gasteiger partial charge in [0, 0.05) is 16.9 Å². The molecule has 1 aromatic carbocycles. The summed E-state index contributed by atoms with van der Waals surface area (Å²) in [6, 6.07) is 11.0. The van der Waals surface area contributed by atoms with Crippen LogP contribution in [0.25, 0.3) is 16.6 Å². The van der Waals surface area contributed by atoms with Crippen LogP contribution in [0.15, 0.2) is 52.3 Å². The molecule has 0 saturated carbocycles. The van der Waals surface area contributed by atoms with Crippen LogP contribution in [-0.4, -0.2) is 18.2 Å². The predicted molar refractivity (Wildman–Crippen MR) is 104 cm³/mol. The Morgan fingerprint density at radius 3 is 2.45 bits per heavy atom. The van der Waals surface area contributed by atoms with E-state index < -0.39 is 26.6 Å². The molecule has 0 N–H and O–H groups in total. The first-order valence-corrected chi connectivity index (χ1v) is 10.5. The number of nitriles is 1. The van der Waals surface area contributed by atoms with Gasteiger partial charge in [-0.1, -0.05) is 11.6 Å². The molecule has 0 atom stereocenters. The van der Waals surface area contributed by atoms with Crippen LogP contribution in [0, 0.1) is 11.3 Å². The molecule has 0 unspecified atom stereocenters. The molecule has 0 radical (unpaired) electrons. The third-order valence-electron chi connectivity index (χ3n) is 3.85. The van der Waals surface area contributed by atoms with E-state index in [1.807, 2.05) is 0 Å². The molecule has 2 aromatic heterocycles. The smallest absolute Gasteiger partial charge is 0.263 e. The summed E-state index contributed by atoms with van der Waals surface area (Å²) in [5.74, 6) is 0. The zero-order chi connectivity index (χ0) is 21.4. The molecule has 5 nitrogen and oxygen atoms in total. The summed E-state index contributed by atoms with van der Waals surface area (Å²) in [4.78, 5) is 0.202. The molecule has 0 fully saturated rings. The molecule has 0 aliphatic heterocycles. The third kappa shape index (κ3) is 4.37. The summed E-state index contributed by atoms with van der Waals surface area (Å²) in [7, 11) is -2.88. The van der Waals surface area contributed by atoms with Gasteiger partial charge >= 0.3 is 6.18 Å². The van der Waals surface area contributed by atoms with E-state index in [9.17, 15) is 26.9 Å². The Balaban J connectivity index is 1.96. The number of aryl methyl sites for hydroxylation is 1. The molecule has 0 aliphatic carbocycles. The predicted octanol–water partition coefficient (Wildman–Crippen LogP) is 5.16. The van der Waals surface area contributed by atoms with Crippen molar-refractivity contribution in [3.05, 3.63) is 63.0 Å². The van der Waals surface area contributed by atoms with Crippen molar-refractivity contribution >= 4 is 38.9 Å². The second kappa shape index (κ2) is 7.67. The monoisotopic (exact) mass is 457 g/mol. The van der Waals surface area contributed by atoms with E-state index in [4.69, 9.17) is 11.6 Å². The van der Waals surface area contributed by atoms with Crippen LogP contribution in [0.3, 0.4) is 0 Å². The van der Waals surface area contributed by atoms with Crippen molar-refractivity contribution in [1.82, 2.24) is 9.78 Å². The number of benzene rings is 1. The molecule has 0 amide bonds. The highest BCUT2D eigenvalue weighted by Crippen LogP contribution is 2.35. The van der Waals surface area contributed by atoms with Crippen molar-refractivity contribution in [3.63, 3.8) is 0 Å². The Labute approximate surface area is 173 Å². The summed E-state index contributed by atoms with van der Waals surface area (Å²) in [6.07, 6.45) is -3.37. The first kappa shape index (κ1) is 21.1. The van der Waals surface area contributed by atoms with E-state index in [1.54, 1.807) is 6.07 Å². The van der Waals surface area contributed by atoms with E-state index in [0.717, 1.165) is 22.1 Å². The van der Waals surface area contributed by atoms with E-state index in [2.05, 4.69) is 5.10 Å². The zero-order valence-electron chi connectivity index (χ0n) is 14.6. The van der Waals surface area contributed by atoms with Gasteiger partial charge in [-0.25, -0.2) is 8.42 Å². The second-order valence-corrected chi connectivity index (χ2v) is 9.29. The van der Waals surface area contributed by atoms with Crippen molar-refractivity contribution in [1.29, 1.82) is 5.26 Å². The average Bonchev–Trinajstić information content (AvgIpc) is 3.26. The van der Waals surface area contributed by atoms with Crippen molar-refractivity contribution in [2.45, 2.75) is 11.1 Å². The molecule has 0 aliphatic rings. The van der Waals surface area contributed by atoms with Gasteiger partial charge in [0.15, 0.2) is 4.91 Å². The highest BCUT2D eigenvalue weighted by molar-refractivity contribution is 7.95. The number of hydrogen-bond donors (Lipinski definition) is 0. The van der Waals surface area contributed by atoms with Crippen LogP contribution in [0.1, 0.15) is 10.6 Å². The number of halogens is 4. The van der Waals surface area contributed by atoms with E-state index in [-0.39, 0.29) is 10.6 Å². The van der Waals surface area contributed by atoms with Gasteiger partial charge in [0.25, 0.3) is 0 Å². The minimum absolute atomic E-state index is 0.0916. The number of nitrogens with zero attached hydrogens (tertiary/aromatic N) is 3. The first-order valence-electron chi connectivity index (χ1n) is 7.86. The topological polar surface area (TPSA) is 75.8 Å². The molecule has 2 heterocycles. The Morgan fingerprint density at radius 1 is 1.24 bits per heavy atom. The summed E-state index contributed by atoms with van der Waals surface area (Å²) >= 11 is 6.78. The minimum Gasteiger partial charge on any atom is -0.263 e. The lowest BCUT2D eigenvalue weighted by atomic mass is 10.3. The Bertz CT molecular complexity index is 1230. The van der Waals surface area contributed by atoms with Crippen LogP contribution < -0.4 is 0 Å². The Morgan fingerprint density at radius 2 is 1.90 bits per heavy atom.